The summed E-state index contributed by atoms with van der Waals surface area (Å²) in [5.74, 6) is 0. The summed E-state index contributed by atoms with van der Waals surface area (Å²) in [5.41, 5.74) is 0. The first-order valence-corrected chi connectivity index (χ1v) is 2.81. The molecule has 0 heterocycles. The Labute approximate surface area is 100 Å². The van der Waals surface area contributed by atoms with Gasteiger partial charge < -0.3 is 0 Å². The van der Waals surface area contributed by atoms with Crippen LogP contribution >= 0.6 is 15.9 Å². The fraction of sp³-hybridized carbons (Fsp3) is 0. The van der Waals surface area contributed by atoms with Crippen molar-refractivity contribution in [1.82, 2.24) is 0 Å². The molecule has 0 nitrogen and oxygen atoms in total. The van der Waals surface area contributed by atoms with Crippen LogP contribution in [0.25, 0.3) is 0 Å². The number of rotatable bonds is 0. The minimum absolute atomic E-state index is 0. The summed E-state index contributed by atoms with van der Waals surface area (Å²) in [6, 6.07) is 10.7. The Bertz CT molecular complexity index is 138. The maximum atomic E-state index is 3.26. The minimum atomic E-state index is 0. The van der Waals surface area contributed by atoms with Crippen LogP contribution in [-0.2, 0) is 0 Å². The molecular formula is C6H4BrK. The summed E-state index contributed by atoms with van der Waals surface area (Å²) in [7, 11) is 0. The Hall–Kier alpha value is 1.34. The standard InChI is InChI=1S/C6H4Br.K/c7-6-4-2-1-3-5-6;/h1-4H;/q-1;+1. The predicted octanol–water partition coefficient (Wildman–Crippen LogP) is -0.747. The maximum Gasteiger partial charge on any atom is 1.00 e. The molecule has 0 aliphatic carbocycles. The van der Waals surface area contributed by atoms with Crippen molar-refractivity contribution in [2.75, 3.05) is 0 Å². The summed E-state index contributed by atoms with van der Waals surface area (Å²) in [4.78, 5) is 0. The van der Waals surface area contributed by atoms with Crippen LogP contribution in [0.4, 0.5) is 0 Å². The first-order chi connectivity index (χ1) is 3.39. The van der Waals surface area contributed by atoms with Gasteiger partial charge in [-0.2, -0.15) is 30.3 Å². The fourth-order valence-corrected chi connectivity index (χ4v) is 0.656. The molecule has 8 heavy (non-hydrogen) atoms. The van der Waals surface area contributed by atoms with Crippen LogP contribution in [-0.4, -0.2) is 0 Å². The van der Waals surface area contributed by atoms with E-state index in [4.69, 9.17) is 0 Å². The molecule has 0 saturated carbocycles. The molecule has 0 unspecified atom stereocenters. The average Bonchev–Trinajstić information content (AvgIpc) is 1.69. The quantitative estimate of drug-likeness (QED) is 0.377. The molecule has 0 aliphatic heterocycles. The van der Waals surface area contributed by atoms with Gasteiger partial charge >= 0.3 is 51.4 Å². The summed E-state index contributed by atoms with van der Waals surface area (Å²) in [6.07, 6.45) is 0. The van der Waals surface area contributed by atoms with Crippen LogP contribution in [0.3, 0.4) is 0 Å². The van der Waals surface area contributed by atoms with Gasteiger partial charge in [0.15, 0.2) is 0 Å². The van der Waals surface area contributed by atoms with E-state index in [9.17, 15) is 0 Å². The number of hydrogen-bond acceptors (Lipinski definition) is 0. The van der Waals surface area contributed by atoms with Crippen molar-refractivity contribution < 1.29 is 51.4 Å². The predicted molar refractivity (Wildman–Crippen MR) is 33.0 cm³/mol. The van der Waals surface area contributed by atoms with Crippen molar-refractivity contribution in [3.8, 4) is 0 Å². The van der Waals surface area contributed by atoms with Crippen molar-refractivity contribution in [3.63, 3.8) is 0 Å². The van der Waals surface area contributed by atoms with E-state index in [1.165, 1.54) is 0 Å². The first-order valence-electron chi connectivity index (χ1n) is 2.02. The van der Waals surface area contributed by atoms with E-state index in [0.29, 0.717) is 0 Å². The third-order valence-corrected chi connectivity index (χ3v) is 1.16. The van der Waals surface area contributed by atoms with Gasteiger partial charge in [0.2, 0.25) is 0 Å². The first kappa shape index (κ1) is 9.34. The average molecular weight is 195 g/mol. The Kier molecular flexibility index (Phi) is 6.01. The van der Waals surface area contributed by atoms with Crippen molar-refractivity contribution in [2.24, 2.45) is 0 Å². The minimum Gasteiger partial charge on any atom is -0.176 e. The SMILES string of the molecule is Brc1[c-]cccc1.[K+]. The van der Waals surface area contributed by atoms with E-state index < -0.39 is 0 Å². The van der Waals surface area contributed by atoms with Gasteiger partial charge in [-0.05, 0) is 0 Å². The van der Waals surface area contributed by atoms with Gasteiger partial charge in [-0.15, -0.1) is 0 Å². The zero-order valence-corrected chi connectivity index (χ0v) is 9.40. The summed E-state index contributed by atoms with van der Waals surface area (Å²) < 4.78 is 1.01. The van der Waals surface area contributed by atoms with Crippen LogP contribution in [0, 0.1) is 6.07 Å². The molecule has 0 radical (unpaired) electrons. The van der Waals surface area contributed by atoms with Crippen LogP contribution in [0.2, 0.25) is 0 Å². The van der Waals surface area contributed by atoms with Gasteiger partial charge in [-0.25, -0.2) is 0 Å². The van der Waals surface area contributed by atoms with Gasteiger partial charge in [0.05, 0.1) is 0 Å². The molecule has 0 amide bonds. The molecule has 1 aromatic carbocycles. The molecule has 2 heteroatoms. The van der Waals surface area contributed by atoms with Crippen molar-refractivity contribution >= 4 is 15.9 Å². The van der Waals surface area contributed by atoms with Crippen LogP contribution < -0.4 is 51.4 Å². The molecule has 0 bridgehead atoms. The third kappa shape index (κ3) is 3.38. The van der Waals surface area contributed by atoms with Crippen molar-refractivity contribution in [1.29, 1.82) is 0 Å². The van der Waals surface area contributed by atoms with Crippen LogP contribution in [0.1, 0.15) is 0 Å². The number of benzene rings is 1. The second-order valence-corrected chi connectivity index (χ2v) is 2.06. The van der Waals surface area contributed by atoms with Crippen LogP contribution in [0.5, 0.6) is 0 Å². The molecular weight excluding hydrogens is 191 g/mol. The molecule has 36 valence electrons. The van der Waals surface area contributed by atoms with E-state index in [2.05, 4.69) is 22.0 Å². The maximum absolute atomic E-state index is 3.26. The number of hydrogen-bond donors (Lipinski definition) is 0. The number of halogens is 1. The summed E-state index contributed by atoms with van der Waals surface area (Å²) >= 11 is 3.26. The topological polar surface area (TPSA) is 0 Å². The van der Waals surface area contributed by atoms with E-state index in [1.54, 1.807) is 0 Å². The molecule has 0 fully saturated rings. The van der Waals surface area contributed by atoms with E-state index >= 15 is 0 Å². The Morgan fingerprint density at radius 3 is 2.38 bits per heavy atom. The second-order valence-electron chi connectivity index (χ2n) is 1.21. The smallest absolute Gasteiger partial charge is 0.176 e. The molecule has 0 aromatic heterocycles. The monoisotopic (exact) mass is 194 g/mol. The van der Waals surface area contributed by atoms with Crippen LogP contribution in [0.15, 0.2) is 28.7 Å². The van der Waals surface area contributed by atoms with E-state index in [-0.39, 0.29) is 51.4 Å². The summed E-state index contributed by atoms with van der Waals surface area (Å²) in [5, 5.41) is 0. The Morgan fingerprint density at radius 1 is 1.38 bits per heavy atom. The van der Waals surface area contributed by atoms with Crippen molar-refractivity contribution in [2.45, 2.75) is 0 Å². The van der Waals surface area contributed by atoms with Gasteiger partial charge in [0, 0.05) is 0 Å². The van der Waals surface area contributed by atoms with Crippen molar-refractivity contribution in [3.05, 3.63) is 34.8 Å². The van der Waals surface area contributed by atoms with E-state index in [0.717, 1.165) is 4.47 Å². The molecule has 1 aromatic rings. The molecule has 0 aliphatic rings. The third-order valence-electron chi connectivity index (χ3n) is 0.671. The Morgan fingerprint density at radius 2 is 2.12 bits per heavy atom. The van der Waals surface area contributed by atoms with Gasteiger partial charge in [0.1, 0.15) is 0 Å². The van der Waals surface area contributed by atoms with Gasteiger partial charge in [0.25, 0.3) is 0 Å². The fourth-order valence-electron chi connectivity index (χ4n) is 0.371. The molecule has 0 atom stereocenters. The van der Waals surface area contributed by atoms with E-state index in [1.807, 2.05) is 24.3 Å². The molecule has 0 spiro atoms. The molecule has 1 rings (SSSR count). The molecule has 0 N–H and O–H groups in total. The van der Waals surface area contributed by atoms with Gasteiger partial charge in [-0.3, -0.25) is 0 Å². The second kappa shape index (κ2) is 5.15. The van der Waals surface area contributed by atoms with Gasteiger partial charge in [-0.1, -0.05) is 20.4 Å². The normalized spacial score (nSPS) is 7.62. The zero-order valence-electron chi connectivity index (χ0n) is 4.69. The summed E-state index contributed by atoms with van der Waals surface area (Å²) in [6.45, 7) is 0. The zero-order chi connectivity index (χ0) is 5.11. The Balaban J connectivity index is 0.000000490. The largest absolute Gasteiger partial charge is 1.00 e. The molecule has 0 saturated heterocycles.